The lowest BCUT2D eigenvalue weighted by atomic mass is 9.75. The molecule has 0 atom stereocenters. The molecule has 0 aromatic rings. The molecule has 1 rings (SSSR count). The fourth-order valence-electron chi connectivity index (χ4n) is 3.36. The molecule has 0 bridgehead atoms. The van der Waals surface area contributed by atoms with E-state index in [4.69, 9.17) is 15.3 Å². The van der Waals surface area contributed by atoms with E-state index in [1.165, 1.54) is 12.8 Å². The maximum atomic E-state index is 8.66. The van der Waals surface area contributed by atoms with Gasteiger partial charge in [-0.15, -0.1) is 0 Å². The molecule has 0 aromatic carbocycles. The Hall–Kier alpha value is -0.160. The maximum absolute atomic E-state index is 8.66. The zero-order chi connectivity index (χ0) is 16.9. The highest BCUT2D eigenvalue weighted by Crippen LogP contribution is 2.39. The molecule has 3 N–H and O–H groups in total. The van der Waals surface area contributed by atoms with Gasteiger partial charge >= 0.3 is 0 Å². The molecule has 1 aliphatic heterocycles. The fraction of sp³-hybridized carbons (Fsp3) is 1.00. The highest BCUT2D eigenvalue weighted by atomic mass is 16.3. The third kappa shape index (κ3) is 6.15. The van der Waals surface area contributed by atoms with Gasteiger partial charge in [0.25, 0.3) is 0 Å². The summed E-state index contributed by atoms with van der Waals surface area (Å²) >= 11 is 0. The number of hydrogen-bond donors (Lipinski definition) is 3. The molecule has 0 unspecified atom stereocenters. The van der Waals surface area contributed by atoms with E-state index in [2.05, 4.69) is 46.6 Å². The number of piperidine rings is 1. The molecule has 22 heavy (non-hydrogen) atoms. The van der Waals surface area contributed by atoms with Gasteiger partial charge in [-0.2, -0.15) is 0 Å². The van der Waals surface area contributed by atoms with Crippen LogP contribution < -0.4 is 0 Å². The molecule has 4 nitrogen and oxygen atoms in total. The van der Waals surface area contributed by atoms with E-state index < -0.39 is 5.41 Å². The smallest absolute Gasteiger partial charge is 0.0531 e. The minimum atomic E-state index is -0.667. The van der Waals surface area contributed by atoms with Crippen molar-refractivity contribution in [1.29, 1.82) is 0 Å². The van der Waals surface area contributed by atoms with E-state index in [-0.39, 0.29) is 27.2 Å². The Kier molecular flexibility index (Phi) is 10.1. The molecule has 0 aromatic heterocycles. The summed E-state index contributed by atoms with van der Waals surface area (Å²) in [5, 5.41) is 26.0. The van der Waals surface area contributed by atoms with E-state index in [9.17, 15) is 0 Å². The molecule has 4 heteroatoms. The Balaban J connectivity index is 0. The molecule has 1 heterocycles. The third-order valence-corrected chi connectivity index (χ3v) is 5.27. The monoisotopic (exact) mass is 319 g/mol. The Bertz CT molecular complexity index is 263. The highest BCUT2D eigenvalue weighted by molar-refractivity contribution is 4.97. The molecule has 0 amide bonds. The molecule has 0 saturated carbocycles. The molecule has 1 fully saturated rings. The van der Waals surface area contributed by atoms with Crippen molar-refractivity contribution in [1.82, 2.24) is 4.90 Å². The number of aliphatic hydroxyl groups is 3. The Morgan fingerprint density at radius 1 is 0.955 bits per heavy atom. The van der Waals surface area contributed by atoms with Crippen LogP contribution in [-0.2, 0) is 0 Å². The van der Waals surface area contributed by atoms with Crippen LogP contribution in [0.3, 0.4) is 0 Å². The Labute approximate surface area is 138 Å². The molecule has 136 valence electrons. The van der Waals surface area contributed by atoms with Gasteiger partial charge in [0.2, 0.25) is 0 Å². The van der Waals surface area contributed by atoms with Crippen LogP contribution in [-0.4, -0.2) is 58.2 Å². The lowest BCUT2D eigenvalue weighted by Crippen LogP contribution is -2.58. The van der Waals surface area contributed by atoms with Crippen LogP contribution in [0, 0.1) is 11.3 Å². The second kappa shape index (κ2) is 9.21. The highest BCUT2D eigenvalue weighted by Gasteiger charge is 2.41. The first-order valence-corrected chi connectivity index (χ1v) is 8.07. The SMILES string of the molecule is C.CC1CC(C)(C)N(C)C(C)(C)C1.CCC(CO)(CO)CO. The summed E-state index contributed by atoms with van der Waals surface area (Å²) in [5.74, 6) is 0.867. The van der Waals surface area contributed by atoms with Gasteiger partial charge in [-0.25, -0.2) is 0 Å². The lowest BCUT2D eigenvalue weighted by molar-refractivity contribution is -0.0255. The van der Waals surface area contributed by atoms with Gasteiger partial charge in [0.1, 0.15) is 0 Å². The van der Waals surface area contributed by atoms with E-state index in [1.54, 1.807) is 0 Å². The Morgan fingerprint density at radius 2 is 1.27 bits per heavy atom. The predicted octanol–water partition coefficient (Wildman–Crippen LogP) is 2.90. The van der Waals surface area contributed by atoms with Gasteiger partial charge in [-0.3, -0.25) is 4.90 Å². The third-order valence-electron chi connectivity index (χ3n) is 5.27. The zero-order valence-corrected chi connectivity index (χ0v) is 15.1. The van der Waals surface area contributed by atoms with E-state index in [0.717, 1.165) is 5.92 Å². The molecular weight excluding hydrogens is 278 g/mol. The van der Waals surface area contributed by atoms with Crippen molar-refractivity contribution >= 4 is 0 Å². The van der Waals surface area contributed by atoms with Crippen LogP contribution in [0.5, 0.6) is 0 Å². The fourth-order valence-corrected chi connectivity index (χ4v) is 3.36. The molecule has 0 aliphatic carbocycles. The molecule has 1 aliphatic rings. The lowest BCUT2D eigenvalue weighted by Gasteiger charge is -2.53. The van der Waals surface area contributed by atoms with Crippen molar-refractivity contribution < 1.29 is 15.3 Å². The van der Waals surface area contributed by atoms with Gasteiger partial charge in [0.05, 0.1) is 19.8 Å². The van der Waals surface area contributed by atoms with Crippen molar-refractivity contribution in [3.05, 3.63) is 0 Å². The predicted molar refractivity (Wildman–Crippen MR) is 95.0 cm³/mol. The molecule has 0 radical (unpaired) electrons. The standard InChI is InChI=1S/C11H23N.C6H14O3.CH4/c1-9-7-10(2,3)12(6)11(4,5)8-9;1-2-6(3-7,4-8)5-9;/h9H,7-8H2,1-6H3;7-9H,2-5H2,1H3;1H4. The Morgan fingerprint density at radius 3 is 1.45 bits per heavy atom. The number of likely N-dealkylation sites (tertiary alicyclic amines) is 1. The minimum absolute atomic E-state index is 0. The average Bonchev–Trinajstić information content (AvgIpc) is 2.39. The van der Waals surface area contributed by atoms with Gasteiger partial charge in [0, 0.05) is 16.5 Å². The minimum Gasteiger partial charge on any atom is -0.396 e. The van der Waals surface area contributed by atoms with Crippen LogP contribution >= 0.6 is 0 Å². The van der Waals surface area contributed by atoms with E-state index >= 15 is 0 Å². The summed E-state index contributed by atoms with van der Waals surface area (Å²) in [4.78, 5) is 2.53. The number of aliphatic hydroxyl groups excluding tert-OH is 3. The normalized spacial score (nSPS) is 21.5. The van der Waals surface area contributed by atoms with Crippen molar-refractivity contribution in [2.45, 2.75) is 79.3 Å². The first-order chi connectivity index (χ1) is 9.50. The molecule has 1 saturated heterocycles. The van der Waals surface area contributed by atoms with E-state index in [0.29, 0.717) is 17.5 Å². The van der Waals surface area contributed by atoms with Gasteiger partial charge in [-0.1, -0.05) is 21.3 Å². The van der Waals surface area contributed by atoms with E-state index in [1.807, 2.05) is 6.92 Å². The second-order valence-corrected chi connectivity index (χ2v) is 8.03. The van der Waals surface area contributed by atoms with Crippen molar-refractivity contribution in [3.63, 3.8) is 0 Å². The zero-order valence-electron chi connectivity index (χ0n) is 15.1. The topological polar surface area (TPSA) is 63.9 Å². The number of rotatable bonds is 4. The van der Waals surface area contributed by atoms with Gasteiger partial charge in [-0.05, 0) is 59.9 Å². The van der Waals surface area contributed by atoms with Gasteiger partial charge < -0.3 is 15.3 Å². The van der Waals surface area contributed by atoms with Crippen LogP contribution in [0.1, 0.15) is 68.2 Å². The van der Waals surface area contributed by atoms with Crippen LogP contribution in [0.2, 0.25) is 0 Å². The number of hydrogen-bond acceptors (Lipinski definition) is 4. The maximum Gasteiger partial charge on any atom is 0.0531 e. The molecule has 0 spiro atoms. The summed E-state index contributed by atoms with van der Waals surface area (Å²) < 4.78 is 0. The number of nitrogens with zero attached hydrogens (tertiary/aromatic N) is 1. The second-order valence-electron chi connectivity index (χ2n) is 8.03. The average molecular weight is 320 g/mol. The molecular formula is C18H41NO3. The van der Waals surface area contributed by atoms with Crippen LogP contribution in [0.15, 0.2) is 0 Å². The van der Waals surface area contributed by atoms with Crippen LogP contribution in [0.4, 0.5) is 0 Å². The summed E-state index contributed by atoms with van der Waals surface area (Å²) in [6.45, 7) is 13.1. The quantitative estimate of drug-likeness (QED) is 0.745. The largest absolute Gasteiger partial charge is 0.396 e. The summed E-state index contributed by atoms with van der Waals surface area (Å²) in [7, 11) is 2.26. The van der Waals surface area contributed by atoms with Crippen molar-refractivity contribution in [2.24, 2.45) is 11.3 Å². The van der Waals surface area contributed by atoms with Gasteiger partial charge in [0.15, 0.2) is 0 Å². The summed E-state index contributed by atoms with van der Waals surface area (Å²) in [5.41, 5.74) is 0.0856. The van der Waals surface area contributed by atoms with Crippen molar-refractivity contribution in [3.8, 4) is 0 Å². The first kappa shape index (κ1) is 24.1. The van der Waals surface area contributed by atoms with Crippen LogP contribution in [0.25, 0.3) is 0 Å². The van der Waals surface area contributed by atoms with Crippen molar-refractivity contribution in [2.75, 3.05) is 26.9 Å². The summed E-state index contributed by atoms with van der Waals surface area (Å²) in [6, 6.07) is 0. The first-order valence-electron chi connectivity index (χ1n) is 8.07. The summed E-state index contributed by atoms with van der Waals surface area (Å²) in [6.07, 6.45) is 3.25.